The quantitative estimate of drug-likeness (QED) is 0.895. The number of rotatable bonds is 2. The zero-order valence-corrected chi connectivity index (χ0v) is 10.6. The predicted octanol–water partition coefficient (Wildman–Crippen LogP) is 2.13. The first-order valence-electron chi connectivity index (χ1n) is 6.28. The molecule has 0 amide bonds. The SMILES string of the molecule is F[C@H]1C2CCCC(C[C@H]1Oc1ccc(Cl)nn1)N2. The van der Waals surface area contributed by atoms with Crippen LogP contribution in [0, 0.1) is 0 Å². The molecule has 1 aromatic rings. The van der Waals surface area contributed by atoms with Crippen molar-refractivity contribution in [1.29, 1.82) is 0 Å². The van der Waals surface area contributed by atoms with Gasteiger partial charge in [0.25, 0.3) is 0 Å². The second-order valence-corrected chi connectivity index (χ2v) is 5.32. The molecule has 0 spiro atoms. The Morgan fingerprint density at radius 1 is 1.33 bits per heavy atom. The van der Waals surface area contributed by atoms with E-state index in [1.54, 1.807) is 12.1 Å². The van der Waals surface area contributed by atoms with Crippen molar-refractivity contribution in [2.45, 2.75) is 50.0 Å². The van der Waals surface area contributed by atoms with E-state index in [0.29, 0.717) is 23.5 Å². The number of ether oxygens (including phenoxy) is 1. The van der Waals surface area contributed by atoms with E-state index < -0.39 is 12.3 Å². The van der Waals surface area contributed by atoms with Gasteiger partial charge in [-0.05, 0) is 18.9 Å². The van der Waals surface area contributed by atoms with E-state index in [1.807, 2.05) is 0 Å². The molecular formula is C12H15ClFN3O. The van der Waals surface area contributed by atoms with Crippen molar-refractivity contribution < 1.29 is 9.13 Å². The molecule has 2 bridgehead atoms. The van der Waals surface area contributed by atoms with E-state index in [4.69, 9.17) is 16.3 Å². The molecular weight excluding hydrogens is 257 g/mol. The summed E-state index contributed by atoms with van der Waals surface area (Å²) < 4.78 is 19.8. The fourth-order valence-electron chi connectivity index (χ4n) is 2.79. The first-order chi connectivity index (χ1) is 8.72. The molecule has 2 unspecified atom stereocenters. The number of piperidine rings is 2. The van der Waals surface area contributed by atoms with Crippen LogP contribution in [0.2, 0.25) is 5.15 Å². The third-order valence-electron chi connectivity index (χ3n) is 3.65. The number of aromatic nitrogens is 2. The van der Waals surface area contributed by atoms with Gasteiger partial charge in [0.05, 0.1) is 0 Å². The summed E-state index contributed by atoms with van der Waals surface area (Å²) in [6, 6.07) is 3.50. The molecule has 0 aliphatic carbocycles. The highest BCUT2D eigenvalue weighted by Crippen LogP contribution is 2.30. The summed E-state index contributed by atoms with van der Waals surface area (Å²) in [4.78, 5) is 0. The van der Waals surface area contributed by atoms with E-state index in [-0.39, 0.29) is 6.04 Å². The Balaban J connectivity index is 1.70. The number of nitrogens with zero attached hydrogens (tertiary/aromatic N) is 2. The number of hydrogen-bond donors (Lipinski definition) is 1. The second-order valence-electron chi connectivity index (χ2n) is 4.93. The van der Waals surface area contributed by atoms with Gasteiger partial charge < -0.3 is 10.1 Å². The Morgan fingerprint density at radius 2 is 2.22 bits per heavy atom. The van der Waals surface area contributed by atoms with Gasteiger partial charge >= 0.3 is 0 Å². The topological polar surface area (TPSA) is 47.0 Å². The number of alkyl halides is 1. The molecule has 3 rings (SSSR count). The normalized spacial score (nSPS) is 35.2. The molecule has 1 aromatic heterocycles. The Hall–Kier alpha value is -0.940. The van der Waals surface area contributed by atoms with Gasteiger partial charge in [0.2, 0.25) is 5.88 Å². The Kier molecular flexibility index (Phi) is 3.35. The van der Waals surface area contributed by atoms with Crippen LogP contribution in [0.4, 0.5) is 4.39 Å². The van der Waals surface area contributed by atoms with E-state index in [1.165, 1.54) is 0 Å². The Bertz CT molecular complexity index is 416. The largest absolute Gasteiger partial charge is 0.470 e. The van der Waals surface area contributed by atoms with E-state index in [0.717, 1.165) is 19.3 Å². The molecule has 18 heavy (non-hydrogen) atoms. The van der Waals surface area contributed by atoms with Gasteiger partial charge in [-0.3, -0.25) is 0 Å². The lowest BCUT2D eigenvalue weighted by Crippen LogP contribution is -2.59. The van der Waals surface area contributed by atoms with Crippen molar-refractivity contribution in [3.05, 3.63) is 17.3 Å². The minimum atomic E-state index is -0.987. The lowest BCUT2D eigenvalue weighted by atomic mass is 9.84. The highest BCUT2D eigenvalue weighted by atomic mass is 35.5. The van der Waals surface area contributed by atoms with Gasteiger partial charge in [0.1, 0.15) is 6.10 Å². The third-order valence-corrected chi connectivity index (χ3v) is 3.86. The van der Waals surface area contributed by atoms with Crippen LogP contribution in [0.25, 0.3) is 0 Å². The van der Waals surface area contributed by atoms with Crippen LogP contribution < -0.4 is 10.1 Å². The molecule has 2 saturated heterocycles. The number of fused-ring (bicyclic) bond motifs is 2. The van der Waals surface area contributed by atoms with Crippen LogP contribution in [0.1, 0.15) is 25.7 Å². The highest BCUT2D eigenvalue weighted by Gasteiger charge is 2.41. The van der Waals surface area contributed by atoms with Crippen molar-refractivity contribution in [3.8, 4) is 5.88 Å². The molecule has 98 valence electrons. The number of nitrogens with one attached hydrogen (secondary N) is 1. The van der Waals surface area contributed by atoms with Crippen LogP contribution in [0.3, 0.4) is 0 Å². The first kappa shape index (κ1) is 12.1. The Labute approximate surface area is 110 Å². The minimum absolute atomic E-state index is 0.0808. The zero-order chi connectivity index (χ0) is 12.5. The summed E-state index contributed by atoms with van der Waals surface area (Å²) in [6.45, 7) is 0. The summed E-state index contributed by atoms with van der Waals surface area (Å²) in [5.74, 6) is 0.340. The van der Waals surface area contributed by atoms with Gasteiger partial charge in [-0.2, -0.15) is 0 Å². The summed E-state index contributed by atoms with van der Waals surface area (Å²) in [5.41, 5.74) is 0. The fourth-order valence-corrected chi connectivity index (χ4v) is 2.90. The molecule has 3 heterocycles. The van der Waals surface area contributed by atoms with E-state index in [2.05, 4.69) is 15.5 Å². The molecule has 1 N–H and O–H groups in total. The summed E-state index contributed by atoms with van der Waals surface area (Å²) >= 11 is 5.65. The molecule has 2 aliphatic heterocycles. The lowest BCUT2D eigenvalue weighted by Gasteiger charge is -2.42. The van der Waals surface area contributed by atoms with Gasteiger partial charge in [0.15, 0.2) is 11.3 Å². The maximum absolute atomic E-state index is 14.2. The molecule has 2 fully saturated rings. The number of halogens is 2. The van der Waals surface area contributed by atoms with Gasteiger partial charge in [-0.25, -0.2) is 4.39 Å². The first-order valence-corrected chi connectivity index (χ1v) is 6.66. The zero-order valence-electron chi connectivity index (χ0n) is 9.85. The van der Waals surface area contributed by atoms with Crippen LogP contribution in [0.5, 0.6) is 5.88 Å². The fraction of sp³-hybridized carbons (Fsp3) is 0.667. The van der Waals surface area contributed by atoms with Crippen LogP contribution in [-0.4, -0.2) is 34.6 Å². The predicted molar refractivity (Wildman–Crippen MR) is 65.5 cm³/mol. The second kappa shape index (κ2) is 4.97. The average molecular weight is 272 g/mol. The standard InChI is InChI=1S/C12H15ClFN3O/c13-10-4-5-11(17-16-10)18-9-6-7-2-1-3-8(15-7)12(9)14/h4-5,7-9,12,15H,1-3,6H2/t7?,8?,9-,12+/m1/s1. The molecule has 0 radical (unpaired) electrons. The van der Waals surface area contributed by atoms with Crippen molar-refractivity contribution in [2.24, 2.45) is 0 Å². The lowest BCUT2D eigenvalue weighted by molar-refractivity contribution is 0.00650. The van der Waals surface area contributed by atoms with Crippen LogP contribution >= 0.6 is 11.6 Å². The van der Waals surface area contributed by atoms with Crippen molar-refractivity contribution in [2.75, 3.05) is 0 Å². The van der Waals surface area contributed by atoms with Crippen LogP contribution in [-0.2, 0) is 0 Å². The Morgan fingerprint density at radius 3 is 3.00 bits per heavy atom. The van der Waals surface area contributed by atoms with Crippen LogP contribution in [0.15, 0.2) is 12.1 Å². The monoisotopic (exact) mass is 271 g/mol. The van der Waals surface area contributed by atoms with E-state index >= 15 is 0 Å². The smallest absolute Gasteiger partial charge is 0.233 e. The molecule has 0 aromatic carbocycles. The van der Waals surface area contributed by atoms with Crippen molar-refractivity contribution in [3.63, 3.8) is 0 Å². The minimum Gasteiger partial charge on any atom is -0.470 e. The number of hydrogen-bond acceptors (Lipinski definition) is 4. The summed E-state index contributed by atoms with van der Waals surface area (Å²) in [5, 5.41) is 11.1. The van der Waals surface area contributed by atoms with Gasteiger partial charge in [-0.15, -0.1) is 10.2 Å². The molecule has 0 saturated carbocycles. The molecule has 4 atom stereocenters. The summed E-state index contributed by atoms with van der Waals surface area (Å²) in [7, 11) is 0. The van der Waals surface area contributed by atoms with Gasteiger partial charge in [-0.1, -0.05) is 18.0 Å². The maximum Gasteiger partial charge on any atom is 0.233 e. The summed E-state index contributed by atoms with van der Waals surface area (Å²) in [6.07, 6.45) is 2.33. The molecule has 4 nitrogen and oxygen atoms in total. The van der Waals surface area contributed by atoms with Gasteiger partial charge in [0, 0.05) is 24.6 Å². The van der Waals surface area contributed by atoms with Crippen molar-refractivity contribution in [1.82, 2.24) is 15.5 Å². The molecule has 2 aliphatic rings. The molecule has 6 heteroatoms. The average Bonchev–Trinajstić information content (AvgIpc) is 2.39. The third kappa shape index (κ3) is 2.42. The maximum atomic E-state index is 14.2. The highest BCUT2D eigenvalue weighted by molar-refractivity contribution is 6.29. The van der Waals surface area contributed by atoms with E-state index in [9.17, 15) is 4.39 Å². The van der Waals surface area contributed by atoms with Crippen molar-refractivity contribution >= 4 is 11.6 Å².